The van der Waals surface area contributed by atoms with Crippen LogP contribution in [0.2, 0.25) is 0 Å². The Bertz CT molecular complexity index is 642. The van der Waals surface area contributed by atoms with Crippen LogP contribution < -0.4 is 14.8 Å². The minimum Gasteiger partial charge on any atom is -0.496 e. The van der Waals surface area contributed by atoms with E-state index in [1.54, 1.807) is 7.11 Å². The molecule has 1 N–H and O–H groups in total. The van der Waals surface area contributed by atoms with Gasteiger partial charge in [-0.05, 0) is 37.3 Å². The van der Waals surface area contributed by atoms with Crippen molar-refractivity contribution in [3.63, 3.8) is 0 Å². The first-order valence-corrected chi connectivity index (χ1v) is 7.31. The summed E-state index contributed by atoms with van der Waals surface area (Å²) in [6.07, 6.45) is -0.0430. The summed E-state index contributed by atoms with van der Waals surface area (Å²) in [5.74, 6) is 1.73. The lowest BCUT2D eigenvalue weighted by atomic mass is 10.0. The molecule has 0 amide bonds. The number of aryl methyl sites for hydroxylation is 1. The van der Waals surface area contributed by atoms with Crippen LogP contribution in [-0.2, 0) is 0 Å². The molecule has 3 rings (SSSR count). The van der Waals surface area contributed by atoms with Gasteiger partial charge in [0.2, 0.25) is 0 Å². The molecule has 0 radical (unpaired) electrons. The molecule has 0 bridgehead atoms. The summed E-state index contributed by atoms with van der Waals surface area (Å²) in [6.45, 7) is 2.80. The standard InChI is InChI=1S/C16H16BrNO2/c1-10-3-5-14(19-2)12(7-10)16-9-18-13-8-11(17)4-6-15(13)20-16/h3-8,16,18H,9H2,1-2H3. The third-order valence-electron chi connectivity index (χ3n) is 3.42. The topological polar surface area (TPSA) is 30.5 Å². The number of methoxy groups -OCH3 is 1. The van der Waals surface area contributed by atoms with Gasteiger partial charge < -0.3 is 14.8 Å². The van der Waals surface area contributed by atoms with Crippen molar-refractivity contribution >= 4 is 21.6 Å². The van der Waals surface area contributed by atoms with Crippen molar-refractivity contribution in [2.75, 3.05) is 19.0 Å². The molecule has 1 aliphatic heterocycles. The lowest BCUT2D eigenvalue weighted by molar-refractivity contribution is 0.205. The van der Waals surface area contributed by atoms with Crippen LogP contribution in [0.25, 0.3) is 0 Å². The van der Waals surface area contributed by atoms with Crippen molar-refractivity contribution in [2.45, 2.75) is 13.0 Å². The normalized spacial score (nSPS) is 16.9. The van der Waals surface area contributed by atoms with Gasteiger partial charge in [0.25, 0.3) is 0 Å². The molecule has 0 aliphatic carbocycles. The highest BCUT2D eigenvalue weighted by molar-refractivity contribution is 9.10. The maximum absolute atomic E-state index is 6.11. The minimum absolute atomic E-state index is 0.0430. The Balaban J connectivity index is 1.94. The number of rotatable bonds is 2. The molecular weight excluding hydrogens is 318 g/mol. The Morgan fingerprint density at radius 2 is 2.10 bits per heavy atom. The fourth-order valence-electron chi connectivity index (χ4n) is 2.42. The Hall–Kier alpha value is -1.68. The van der Waals surface area contributed by atoms with Gasteiger partial charge in [-0.1, -0.05) is 27.6 Å². The van der Waals surface area contributed by atoms with Gasteiger partial charge in [-0.15, -0.1) is 0 Å². The highest BCUT2D eigenvalue weighted by Crippen LogP contribution is 2.38. The van der Waals surface area contributed by atoms with E-state index in [9.17, 15) is 0 Å². The van der Waals surface area contributed by atoms with Crippen molar-refractivity contribution in [2.24, 2.45) is 0 Å². The van der Waals surface area contributed by atoms with E-state index >= 15 is 0 Å². The Morgan fingerprint density at radius 1 is 1.25 bits per heavy atom. The van der Waals surface area contributed by atoms with Gasteiger partial charge in [-0.25, -0.2) is 0 Å². The first-order valence-electron chi connectivity index (χ1n) is 6.52. The van der Waals surface area contributed by atoms with E-state index in [2.05, 4.69) is 34.2 Å². The average Bonchev–Trinajstić information content (AvgIpc) is 2.46. The van der Waals surface area contributed by atoms with E-state index < -0.39 is 0 Å². The molecule has 0 spiro atoms. The molecule has 1 atom stereocenters. The molecule has 20 heavy (non-hydrogen) atoms. The quantitative estimate of drug-likeness (QED) is 0.888. The third kappa shape index (κ3) is 2.48. The zero-order valence-corrected chi connectivity index (χ0v) is 13.0. The first-order chi connectivity index (χ1) is 9.67. The number of fused-ring (bicyclic) bond motifs is 1. The second kappa shape index (κ2) is 5.37. The van der Waals surface area contributed by atoms with Crippen LogP contribution >= 0.6 is 15.9 Å². The molecule has 0 fully saturated rings. The predicted octanol–water partition coefficient (Wildman–Crippen LogP) is 4.31. The fourth-order valence-corrected chi connectivity index (χ4v) is 2.78. The average molecular weight is 334 g/mol. The van der Waals surface area contributed by atoms with Gasteiger partial charge in [-0.2, -0.15) is 0 Å². The summed E-state index contributed by atoms with van der Waals surface area (Å²) in [5, 5.41) is 3.41. The number of anilines is 1. The van der Waals surface area contributed by atoms with Crippen molar-refractivity contribution in [3.05, 3.63) is 52.0 Å². The molecule has 4 heteroatoms. The second-order valence-electron chi connectivity index (χ2n) is 4.87. The Kier molecular flexibility index (Phi) is 3.57. The second-order valence-corrected chi connectivity index (χ2v) is 5.79. The largest absolute Gasteiger partial charge is 0.496 e. The zero-order valence-electron chi connectivity index (χ0n) is 11.4. The van der Waals surface area contributed by atoms with Gasteiger partial charge in [-0.3, -0.25) is 0 Å². The van der Waals surface area contributed by atoms with Crippen LogP contribution in [0.3, 0.4) is 0 Å². The summed E-state index contributed by atoms with van der Waals surface area (Å²) in [6, 6.07) is 12.1. The highest BCUT2D eigenvalue weighted by Gasteiger charge is 2.23. The molecule has 1 heterocycles. The van der Waals surface area contributed by atoms with Crippen LogP contribution in [-0.4, -0.2) is 13.7 Å². The van der Waals surface area contributed by atoms with Gasteiger partial charge in [0.15, 0.2) is 0 Å². The van der Waals surface area contributed by atoms with Crippen molar-refractivity contribution in [1.82, 2.24) is 0 Å². The number of benzene rings is 2. The monoisotopic (exact) mass is 333 g/mol. The molecule has 1 unspecified atom stereocenters. The number of nitrogens with one attached hydrogen (secondary N) is 1. The Morgan fingerprint density at radius 3 is 2.90 bits per heavy atom. The van der Waals surface area contributed by atoms with Crippen molar-refractivity contribution in [3.8, 4) is 11.5 Å². The summed E-state index contributed by atoms with van der Waals surface area (Å²) in [7, 11) is 1.69. The van der Waals surface area contributed by atoms with Crippen LogP contribution in [0.5, 0.6) is 11.5 Å². The SMILES string of the molecule is COc1ccc(C)cc1C1CNc2cc(Br)ccc2O1. The van der Waals surface area contributed by atoms with E-state index in [-0.39, 0.29) is 6.10 Å². The van der Waals surface area contributed by atoms with E-state index in [0.717, 1.165) is 33.8 Å². The van der Waals surface area contributed by atoms with Gasteiger partial charge >= 0.3 is 0 Å². The Labute approximate surface area is 127 Å². The van der Waals surface area contributed by atoms with E-state index in [1.165, 1.54) is 5.56 Å². The summed E-state index contributed by atoms with van der Waals surface area (Å²) in [5.41, 5.74) is 3.29. The molecule has 2 aromatic carbocycles. The fraction of sp³-hybridized carbons (Fsp3) is 0.250. The molecule has 3 nitrogen and oxygen atoms in total. The lowest BCUT2D eigenvalue weighted by Crippen LogP contribution is -2.24. The number of halogens is 1. The number of hydrogen-bond donors (Lipinski definition) is 1. The van der Waals surface area contributed by atoms with E-state index in [4.69, 9.17) is 9.47 Å². The number of ether oxygens (including phenoxy) is 2. The smallest absolute Gasteiger partial charge is 0.145 e. The molecule has 0 aromatic heterocycles. The van der Waals surface area contributed by atoms with E-state index in [1.807, 2.05) is 30.3 Å². The molecule has 0 saturated carbocycles. The van der Waals surface area contributed by atoms with Crippen LogP contribution in [0.15, 0.2) is 40.9 Å². The predicted molar refractivity (Wildman–Crippen MR) is 83.7 cm³/mol. The van der Waals surface area contributed by atoms with Gasteiger partial charge in [0.1, 0.15) is 17.6 Å². The van der Waals surface area contributed by atoms with E-state index in [0.29, 0.717) is 0 Å². The van der Waals surface area contributed by atoms with Gasteiger partial charge in [0, 0.05) is 10.0 Å². The minimum atomic E-state index is -0.0430. The first kappa shape index (κ1) is 13.3. The van der Waals surface area contributed by atoms with Crippen LogP contribution in [0.1, 0.15) is 17.2 Å². The maximum atomic E-state index is 6.11. The van der Waals surface area contributed by atoms with Crippen molar-refractivity contribution < 1.29 is 9.47 Å². The molecular formula is C16H16BrNO2. The van der Waals surface area contributed by atoms with Crippen LogP contribution in [0.4, 0.5) is 5.69 Å². The van der Waals surface area contributed by atoms with Crippen LogP contribution in [0, 0.1) is 6.92 Å². The molecule has 104 valence electrons. The highest BCUT2D eigenvalue weighted by atomic mass is 79.9. The molecule has 0 saturated heterocycles. The summed E-state index contributed by atoms with van der Waals surface area (Å²) < 4.78 is 12.6. The van der Waals surface area contributed by atoms with Crippen molar-refractivity contribution in [1.29, 1.82) is 0 Å². The summed E-state index contributed by atoms with van der Waals surface area (Å²) >= 11 is 3.47. The molecule has 2 aromatic rings. The zero-order chi connectivity index (χ0) is 14.1. The summed E-state index contributed by atoms with van der Waals surface area (Å²) in [4.78, 5) is 0. The third-order valence-corrected chi connectivity index (χ3v) is 3.91. The maximum Gasteiger partial charge on any atom is 0.145 e. The number of hydrogen-bond acceptors (Lipinski definition) is 3. The lowest BCUT2D eigenvalue weighted by Gasteiger charge is -2.29. The molecule has 1 aliphatic rings. The van der Waals surface area contributed by atoms with Gasteiger partial charge in [0.05, 0.1) is 19.3 Å².